The normalized spacial score (nSPS) is 9.77. The van der Waals surface area contributed by atoms with Gasteiger partial charge in [-0.25, -0.2) is 0 Å². The van der Waals surface area contributed by atoms with Crippen LogP contribution in [-0.2, 0) is 0 Å². The monoisotopic (exact) mass is 189 g/mol. The average molecular weight is 189 g/mol. The number of anilines is 1. The average Bonchev–Trinajstić information content (AvgIpc) is 2.71. The second-order valence-corrected chi connectivity index (χ2v) is 3.55. The first-order valence-corrected chi connectivity index (χ1v) is 4.61. The summed E-state index contributed by atoms with van der Waals surface area (Å²) < 4.78 is 0. The number of hydrogen-bond donors (Lipinski definition) is 2. The number of aromatic nitrogens is 1. The molecule has 0 radical (unpaired) electrons. The SMILES string of the molecule is N#Cc1cc(-c2cccs2)[nH]c1N. The summed E-state index contributed by atoms with van der Waals surface area (Å²) >= 11 is 1.61. The van der Waals surface area contributed by atoms with Crippen molar-refractivity contribution in [1.29, 1.82) is 5.26 Å². The molecule has 0 fully saturated rings. The Hall–Kier alpha value is -1.73. The van der Waals surface area contributed by atoms with E-state index in [-0.39, 0.29) is 0 Å². The number of nitriles is 1. The molecule has 0 aliphatic heterocycles. The molecule has 3 nitrogen and oxygen atoms in total. The van der Waals surface area contributed by atoms with E-state index in [0.29, 0.717) is 11.4 Å². The van der Waals surface area contributed by atoms with Gasteiger partial charge in [0.05, 0.1) is 16.1 Å². The number of nitrogen functional groups attached to an aromatic ring is 1. The van der Waals surface area contributed by atoms with E-state index < -0.39 is 0 Å². The summed E-state index contributed by atoms with van der Waals surface area (Å²) in [5.74, 6) is 0.436. The smallest absolute Gasteiger partial charge is 0.119 e. The summed E-state index contributed by atoms with van der Waals surface area (Å²) in [5.41, 5.74) is 6.99. The molecule has 0 saturated carbocycles. The molecular formula is C9H7N3S. The van der Waals surface area contributed by atoms with Crippen molar-refractivity contribution in [3.8, 4) is 16.6 Å². The molecule has 0 saturated heterocycles. The third-order valence-electron chi connectivity index (χ3n) is 1.76. The highest BCUT2D eigenvalue weighted by molar-refractivity contribution is 7.13. The predicted octanol–water partition coefficient (Wildman–Crippen LogP) is 2.20. The molecule has 0 bridgehead atoms. The molecule has 2 aromatic heterocycles. The highest BCUT2D eigenvalue weighted by Gasteiger charge is 2.06. The molecule has 64 valence electrons. The van der Waals surface area contributed by atoms with Crippen LogP contribution in [0.2, 0.25) is 0 Å². The van der Waals surface area contributed by atoms with Gasteiger partial charge in [0.15, 0.2) is 0 Å². The largest absolute Gasteiger partial charge is 0.384 e. The number of nitrogens with zero attached hydrogens (tertiary/aromatic N) is 1. The zero-order valence-electron chi connectivity index (χ0n) is 6.74. The molecule has 0 atom stereocenters. The van der Waals surface area contributed by atoms with E-state index in [2.05, 4.69) is 4.98 Å². The first kappa shape index (κ1) is 7.90. The van der Waals surface area contributed by atoms with Crippen LogP contribution in [0.25, 0.3) is 10.6 Å². The Kier molecular flexibility index (Phi) is 1.80. The summed E-state index contributed by atoms with van der Waals surface area (Å²) in [7, 11) is 0. The molecule has 13 heavy (non-hydrogen) atoms. The van der Waals surface area contributed by atoms with Crippen molar-refractivity contribution in [2.45, 2.75) is 0 Å². The van der Waals surface area contributed by atoms with Crippen LogP contribution in [0.5, 0.6) is 0 Å². The molecule has 0 amide bonds. The maximum absolute atomic E-state index is 8.68. The fourth-order valence-electron chi connectivity index (χ4n) is 1.13. The van der Waals surface area contributed by atoms with Crippen molar-refractivity contribution in [2.24, 2.45) is 0 Å². The Labute approximate surface area is 79.4 Å². The fraction of sp³-hybridized carbons (Fsp3) is 0. The van der Waals surface area contributed by atoms with E-state index in [0.717, 1.165) is 10.6 Å². The summed E-state index contributed by atoms with van der Waals surface area (Å²) in [4.78, 5) is 4.05. The van der Waals surface area contributed by atoms with Gasteiger partial charge in [-0.05, 0) is 17.5 Å². The lowest BCUT2D eigenvalue weighted by Crippen LogP contribution is -1.86. The Morgan fingerprint density at radius 1 is 1.54 bits per heavy atom. The molecule has 0 spiro atoms. The minimum atomic E-state index is 0.436. The predicted molar refractivity (Wildman–Crippen MR) is 53.2 cm³/mol. The van der Waals surface area contributed by atoms with E-state index in [4.69, 9.17) is 11.0 Å². The maximum atomic E-state index is 8.68. The van der Waals surface area contributed by atoms with Crippen LogP contribution in [0.3, 0.4) is 0 Å². The second-order valence-electron chi connectivity index (χ2n) is 2.60. The third-order valence-corrected chi connectivity index (χ3v) is 2.66. The van der Waals surface area contributed by atoms with Crippen molar-refractivity contribution < 1.29 is 0 Å². The third kappa shape index (κ3) is 1.30. The topological polar surface area (TPSA) is 65.6 Å². The summed E-state index contributed by atoms with van der Waals surface area (Å²) in [6, 6.07) is 7.74. The Bertz CT molecular complexity index is 448. The van der Waals surface area contributed by atoms with E-state index in [1.54, 1.807) is 17.4 Å². The summed E-state index contributed by atoms with van der Waals surface area (Å²) in [6.45, 7) is 0. The van der Waals surface area contributed by atoms with E-state index >= 15 is 0 Å². The molecule has 2 heterocycles. The zero-order valence-corrected chi connectivity index (χ0v) is 7.56. The van der Waals surface area contributed by atoms with Gasteiger partial charge in [-0.3, -0.25) is 0 Å². The fourth-order valence-corrected chi connectivity index (χ4v) is 1.83. The van der Waals surface area contributed by atoms with Gasteiger partial charge in [0.2, 0.25) is 0 Å². The van der Waals surface area contributed by atoms with Gasteiger partial charge < -0.3 is 10.7 Å². The van der Waals surface area contributed by atoms with Gasteiger partial charge in [0.25, 0.3) is 0 Å². The van der Waals surface area contributed by atoms with Crippen LogP contribution < -0.4 is 5.73 Å². The van der Waals surface area contributed by atoms with Gasteiger partial charge in [-0.1, -0.05) is 6.07 Å². The molecule has 0 aliphatic rings. The number of aromatic amines is 1. The van der Waals surface area contributed by atoms with Crippen LogP contribution in [0.1, 0.15) is 5.56 Å². The Morgan fingerprint density at radius 2 is 2.38 bits per heavy atom. The number of thiophene rings is 1. The van der Waals surface area contributed by atoms with Crippen molar-refractivity contribution in [3.05, 3.63) is 29.1 Å². The van der Waals surface area contributed by atoms with Crippen LogP contribution in [0, 0.1) is 11.3 Å². The van der Waals surface area contributed by atoms with Gasteiger partial charge in [0.1, 0.15) is 11.9 Å². The number of nitrogens with one attached hydrogen (secondary N) is 1. The minimum absolute atomic E-state index is 0.436. The number of nitrogens with two attached hydrogens (primary N) is 1. The minimum Gasteiger partial charge on any atom is -0.384 e. The molecule has 0 aliphatic carbocycles. The molecule has 0 unspecified atom stereocenters. The van der Waals surface area contributed by atoms with Crippen molar-refractivity contribution >= 4 is 17.2 Å². The molecule has 4 heteroatoms. The second kappa shape index (κ2) is 2.96. The lowest BCUT2D eigenvalue weighted by Gasteiger charge is -1.88. The van der Waals surface area contributed by atoms with E-state index in [9.17, 15) is 0 Å². The highest BCUT2D eigenvalue weighted by Crippen LogP contribution is 2.26. The van der Waals surface area contributed by atoms with Gasteiger partial charge in [-0.15, -0.1) is 11.3 Å². The van der Waals surface area contributed by atoms with Crippen molar-refractivity contribution in [1.82, 2.24) is 4.98 Å². The maximum Gasteiger partial charge on any atom is 0.119 e. The Balaban J connectivity index is 2.50. The lowest BCUT2D eigenvalue weighted by molar-refractivity contribution is 1.41. The molecule has 2 rings (SSSR count). The molecular weight excluding hydrogens is 182 g/mol. The van der Waals surface area contributed by atoms with Gasteiger partial charge in [-0.2, -0.15) is 5.26 Å². The van der Waals surface area contributed by atoms with Crippen molar-refractivity contribution in [2.75, 3.05) is 5.73 Å². The van der Waals surface area contributed by atoms with E-state index in [1.165, 1.54) is 0 Å². The first-order valence-electron chi connectivity index (χ1n) is 3.73. The standard InChI is InChI=1S/C9H7N3S/c10-5-6-4-7(12-9(6)11)8-2-1-3-13-8/h1-4,12H,11H2. The summed E-state index contributed by atoms with van der Waals surface area (Å²) in [5, 5.41) is 10.7. The number of rotatable bonds is 1. The van der Waals surface area contributed by atoms with Crippen LogP contribution in [0.4, 0.5) is 5.82 Å². The van der Waals surface area contributed by atoms with Crippen LogP contribution in [0.15, 0.2) is 23.6 Å². The van der Waals surface area contributed by atoms with E-state index in [1.807, 2.05) is 23.6 Å². The van der Waals surface area contributed by atoms with Gasteiger partial charge in [0, 0.05) is 0 Å². The van der Waals surface area contributed by atoms with Gasteiger partial charge >= 0.3 is 0 Å². The summed E-state index contributed by atoms with van der Waals surface area (Å²) in [6.07, 6.45) is 0. The number of H-pyrrole nitrogens is 1. The van der Waals surface area contributed by atoms with Crippen molar-refractivity contribution in [3.63, 3.8) is 0 Å². The molecule has 2 aromatic rings. The highest BCUT2D eigenvalue weighted by atomic mass is 32.1. The van der Waals surface area contributed by atoms with Crippen LogP contribution in [-0.4, -0.2) is 4.98 Å². The number of hydrogen-bond acceptors (Lipinski definition) is 3. The zero-order chi connectivity index (χ0) is 9.26. The Morgan fingerprint density at radius 3 is 2.92 bits per heavy atom. The van der Waals surface area contributed by atoms with Crippen LogP contribution >= 0.6 is 11.3 Å². The lowest BCUT2D eigenvalue weighted by atomic mass is 10.3. The first-order chi connectivity index (χ1) is 6.31. The molecule has 0 aromatic carbocycles. The molecule has 3 N–H and O–H groups in total. The quantitative estimate of drug-likeness (QED) is 0.722.